The van der Waals surface area contributed by atoms with Crippen molar-refractivity contribution in [2.24, 2.45) is 5.92 Å². The summed E-state index contributed by atoms with van der Waals surface area (Å²) in [6, 6.07) is 2.80. The molecule has 0 aromatic heterocycles. The van der Waals surface area contributed by atoms with Crippen molar-refractivity contribution < 1.29 is 19.6 Å². The van der Waals surface area contributed by atoms with Gasteiger partial charge in [0.2, 0.25) is 5.91 Å². The van der Waals surface area contributed by atoms with Crippen molar-refractivity contribution in [2.75, 3.05) is 5.32 Å². The predicted molar refractivity (Wildman–Crippen MR) is 68.0 cm³/mol. The van der Waals surface area contributed by atoms with E-state index < -0.39 is 22.7 Å². The summed E-state index contributed by atoms with van der Waals surface area (Å²) >= 11 is 0. The second kappa shape index (κ2) is 5.47. The molecule has 1 unspecified atom stereocenters. The fourth-order valence-electron chi connectivity index (χ4n) is 1.53. The molecule has 1 aromatic rings. The van der Waals surface area contributed by atoms with Crippen molar-refractivity contribution in [1.82, 2.24) is 0 Å². The second-order valence-corrected chi connectivity index (χ2v) is 4.26. The van der Waals surface area contributed by atoms with Gasteiger partial charge < -0.3 is 10.4 Å². The van der Waals surface area contributed by atoms with Crippen LogP contribution in [0.3, 0.4) is 0 Å². The summed E-state index contributed by atoms with van der Waals surface area (Å²) in [5.74, 6) is -3.19. The van der Waals surface area contributed by atoms with Crippen molar-refractivity contribution in [2.45, 2.75) is 20.8 Å². The van der Waals surface area contributed by atoms with Crippen LogP contribution in [-0.2, 0) is 9.59 Å². The molecule has 1 rings (SSSR count). The maximum Gasteiger partial charge on any atom is 0.315 e. The van der Waals surface area contributed by atoms with Gasteiger partial charge in [0.05, 0.1) is 10.6 Å². The van der Waals surface area contributed by atoms with Gasteiger partial charge in [-0.1, -0.05) is 0 Å². The van der Waals surface area contributed by atoms with Gasteiger partial charge in [-0.3, -0.25) is 19.7 Å². The van der Waals surface area contributed by atoms with Crippen molar-refractivity contribution in [3.05, 3.63) is 33.4 Å². The van der Waals surface area contributed by atoms with Gasteiger partial charge in [-0.05, 0) is 32.4 Å². The van der Waals surface area contributed by atoms with E-state index in [1.54, 1.807) is 19.9 Å². The van der Waals surface area contributed by atoms with Crippen LogP contribution < -0.4 is 5.32 Å². The molecule has 19 heavy (non-hydrogen) atoms. The van der Waals surface area contributed by atoms with E-state index in [1.165, 1.54) is 13.0 Å². The molecule has 2 N–H and O–H groups in total. The number of carboxylic acid groups (broad SMARTS) is 1. The van der Waals surface area contributed by atoms with Gasteiger partial charge in [0.1, 0.15) is 5.92 Å². The molecule has 0 aliphatic heterocycles. The van der Waals surface area contributed by atoms with Crippen LogP contribution in [-0.4, -0.2) is 21.9 Å². The molecule has 102 valence electrons. The summed E-state index contributed by atoms with van der Waals surface area (Å²) < 4.78 is 0. The Kier molecular flexibility index (Phi) is 4.21. The number of nitrogens with one attached hydrogen (secondary N) is 1. The maximum absolute atomic E-state index is 11.6. The summed E-state index contributed by atoms with van der Waals surface area (Å²) in [6.45, 7) is 4.52. The topological polar surface area (TPSA) is 110 Å². The van der Waals surface area contributed by atoms with Crippen LogP contribution in [0.2, 0.25) is 0 Å². The zero-order chi connectivity index (χ0) is 14.7. The molecule has 7 nitrogen and oxygen atoms in total. The molecule has 1 aromatic carbocycles. The zero-order valence-electron chi connectivity index (χ0n) is 10.8. The summed E-state index contributed by atoms with van der Waals surface area (Å²) in [7, 11) is 0. The number of benzene rings is 1. The van der Waals surface area contributed by atoms with Gasteiger partial charge in [-0.2, -0.15) is 0 Å². The minimum absolute atomic E-state index is 0.121. The molecular formula is C12H14N2O5. The van der Waals surface area contributed by atoms with Crippen LogP contribution in [0.5, 0.6) is 0 Å². The molecule has 0 aliphatic rings. The number of nitro groups is 1. The van der Waals surface area contributed by atoms with Crippen molar-refractivity contribution in [3.8, 4) is 0 Å². The maximum atomic E-state index is 11.6. The first-order chi connectivity index (χ1) is 8.73. The Labute approximate surface area is 109 Å². The van der Waals surface area contributed by atoms with Gasteiger partial charge in [-0.25, -0.2) is 0 Å². The third kappa shape index (κ3) is 3.27. The molecule has 0 aliphatic carbocycles. The molecule has 1 atom stereocenters. The highest BCUT2D eigenvalue weighted by Crippen LogP contribution is 2.26. The van der Waals surface area contributed by atoms with E-state index in [1.807, 2.05) is 0 Å². The molecular weight excluding hydrogens is 252 g/mol. The largest absolute Gasteiger partial charge is 0.481 e. The number of carbonyl (C=O) groups excluding carboxylic acids is 1. The Morgan fingerprint density at radius 1 is 1.32 bits per heavy atom. The summed E-state index contributed by atoms with van der Waals surface area (Å²) in [4.78, 5) is 32.5. The molecule has 0 saturated carbocycles. The molecule has 0 spiro atoms. The molecule has 0 bridgehead atoms. The highest BCUT2D eigenvalue weighted by Gasteiger charge is 2.22. The fourth-order valence-corrected chi connectivity index (χ4v) is 1.53. The van der Waals surface area contributed by atoms with E-state index in [9.17, 15) is 19.7 Å². The molecule has 0 heterocycles. The molecule has 7 heteroatoms. The van der Waals surface area contributed by atoms with Crippen LogP contribution in [0, 0.1) is 29.9 Å². The zero-order valence-corrected chi connectivity index (χ0v) is 10.8. The van der Waals surface area contributed by atoms with E-state index in [-0.39, 0.29) is 11.4 Å². The summed E-state index contributed by atoms with van der Waals surface area (Å²) in [5.41, 5.74) is 1.24. The highest BCUT2D eigenvalue weighted by atomic mass is 16.6. The standard InChI is InChI=1S/C12H14N2O5/c1-6-4-7(2)10(14(18)19)5-9(6)13-11(15)8(3)12(16)17/h4-5,8H,1-3H3,(H,13,15)(H,16,17). The lowest BCUT2D eigenvalue weighted by Crippen LogP contribution is -2.27. The van der Waals surface area contributed by atoms with Gasteiger partial charge in [-0.15, -0.1) is 0 Å². The van der Waals surface area contributed by atoms with E-state index in [4.69, 9.17) is 5.11 Å². The second-order valence-electron chi connectivity index (χ2n) is 4.26. The lowest BCUT2D eigenvalue weighted by Gasteiger charge is -2.11. The van der Waals surface area contributed by atoms with E-state index in [0.717, 1.165) is 0 Å². The molecule has 0 fully saturated rings. The molecule has 0 saturated heterocycles. The Bertz CT molecular complexity index is 553. The number of carbonyl (C=O) groups is 2. The smallest absolute Gasteiger partial charge is 0.315 e. The number of nitro benzene ring substituents is 1. The first kappa shape index (κ1) is 14.6. The lowest BCUT2D eigenvalue weighted by atomic mass is 10.1. The van der Waals surface area contributed by atoms with E-state index >= 15 is 0 Å². The quantitative estimate of drug-likeness (QED) is 0.491. The van der Waals surface area contributed by atoms with Gasteiger partial charge in [0, 0.05) is 11.6 Å². The Hall–Kier alpha value is -2.44. The van der Waals surface area contributed by atoms with Gasteiger partial charge in [0.15, 0.2) is 0 Å². The monoisotopic (exact) mass is 266 g/mol. The van der Waals surface area contributed by atoms with Crippen LogP contribution in [0.25, 0.3) is 0 Å². The van der Waals surface area contributed by atoms with Crippen LogP contribution in [0.1, 0.15) is 18.1 Å². The summed E-state index contributed by atoms with van der Waals surface area (Å²) in [6.07, 6.45) is 0. The highest BCUT2D eigenvalue weighted by molar-refractivity contribution is 6.04. The number of amides is 1. The van der Waals surface area contributed by atoms with Crippen LogP contribution in [0.4, 0.5) is 11.4 Å². The number of rotatable bonds is 4. The fraction of sp³-hybridized carbons (Fsp3) is 0.333. The van der Waals surface area contributed by atoms with Crippen molar-refractivity contribution >= 4 is 23.3 Å². The Morgan fingerprint density at radius 2 is 1.89 bits per heavy atom. The first-order valence-electron chi connectivity index (χ1n) is 5.53. The SMILES string of the molecule is Cc1cc(C)c([N+](=O)[O-])cc1NC(=O)C(C)C(=O)O. The van der Waals surface area contributed by atoms with Crippen molar-refractivity contribution in [3.63, 3.8) is 0 Å². The Balaban J connectivity index is 3.08. The van der Waals surface area contributed by atoms with Gasteiger partial charge in [0.25, 0.3) is 5.69 Å². The third-order valence-corrected chi connectivity index (χ3v) is 2.76. The first-order valence-corrected chi connectivity index (χ1v) is 5.53. The minimum atomic E-state index is -1.25. The number of anilines is 1. The number of hydrogen-bond donors (Lipinski definition) is 2. The number of hydrogen-bond acceptors (Lipinski definition) is 4. The number of carboxylic acids is 1. The lowest BCUT2D eigenvalue weighted by molar-refractivity contribution is -0.385. The third-order valence-electron chi connectivity index (χ3n) is 2.76. The molecule has 1 amide bonds. The Morgan fingerprint density at radius 3 is 2.37 bits per heavy atom. The average Bonchev–Trinajstić information content (AvgIpc) is 2.30. The average molecular weight is 266 g/mol. The van der Waals surface area contributed by atoms with Crippen LogP contribution >= 0.6 is 0 Å². The van der Waals surface area contributed by atoms with E-state index in [2.05, 4.69) is 5.32 Å². The normalized spacial score (nSPS) is 11.7. The minimum Gasteiger partial charge on any atom is -0.481 e. The molecule has 0 radical (unpaired) electrons. The number of aryl methyl sites for hydroxylation is 2. The van der Waals surface area contributed by atoms with Crippen molar-refractivity contribution in [1.29, 1.82) is 0 Å². The predicted octanol–water partition coefficient (Wildman–Crippen LogP) is 1.87. The van der Waals surface area contributed by atoms with Gasteiger partial charge >= 0.3 is 5.97 Å². The number of aliphatic carboxylic acids is 1. The van der Waals surface area contributed by atoms with Crippen LogP contribution in [0.15, 0.2) is 12.1 Å². The van der Waals surface area contributed by atoms with E-state index in [0.29, 0.717) is 11.1 Å². The number of nitrogens with zero attached hydrogens (tertiary/aromatic N) is 1. The summed E-state index contributed by atoms with van der Waals surface area (Å²) in [5, 5.41) is 21.9.